The van der Waals surface area contributed by atoms with Crippen molar-refractivity contribution in [1.29, 1.82) is 0 Å². The van der Waals surface area contributed by atoms with Crippen LogP contribution in [-0.4, -0.2) is 34.6 Å². The lowest BCUT2D eigenvalue weighted by molar-refractivity contribution is 0.326. The smallest absolute Gasteiger partial charge is 0.226 e. The van der Waals surface area contributed by atoms with Gasteiger partial charge in [0.25, 0.3) is 0 Å². The van der Waals surface area contributed by atoms with Crippen LogP contribution in [0.2, 0.25) is 0 Å². The van der Waals surface area contributed by atoms with Crippen LogP contribution in [0.5, 0.6) is 5.88 Å². The van der Waals surface area contributed by atoms with Crippen molar-refractivity contribution in [2.75, 3.05) is 23.9 Å². The second kappa shape index (κ2) is 6.50. The van der Waals surface area contributed by atoms with Crippen LogP contribution in [-0.2, 0) is 0 Å². The molecule has 0 spiro atoms. The van der Waals surface area contributed by atoms with Gasteiger partial charge >= 0.3 is 0 Å². The standard InChI is InChI=1S/C10H17N3OS/c1-4-14-9-5-6-11-10(13-9)12-8(2)7-15-3/h5-6,8H,4,7H2,1-3H3,(H,11,12,13). The predicted octanol–water partition coefficient (Wildman–Crippen LogP) is 2.04. The topological polar surface area (TPSA) is 47.0 Å². The fourth-order valence-electron chi connectivity index (χ4n) is 1.15. The first-order chi connectivity index (χ1) is 7.26. The van der Waals surface area contributed by atoms with Gasteiger partial charge in [-0.3, -0.25) is 0 Å². The second-order valence-electron chi connectivity index (χ2n) is 3.15. The van der Waals surface area contributed by atoms with E-state index in [1.165, 1.54) is 0 Å². The highest BCUT2D eigenvalue weighted by atomic mass is 32.2. The van der Waals surface area contributed by atoms with Crippen molar-refractivity contribution in [3.63, 3.8) is 0 Å². The molecule has 0 aliphatic heterocycles. The lowest BCUT2D eigenvalue weighted by atomic mass is 10.4. The molecule has 1 N–H and O–H groups in total. The molecule has 0 saturated heterocycles. The number of hydrogen-bond acceptors (Lipinski definition) is 5. The van der Waals surface area contributed by atoms with E-state index in [0.717, 1.165) is 5.75 Å². The maximum atomic E-state index is 5.29. The maximum absolute atomic E-state index is 5.29. The molecule has 1 rings (SSSR count). The number of nitrogens with zero attached hydrogens (tertiary/aromatic N) is 2. The summed E-state index contributed by atoms with van der Waals surface area (Å²) in [5.74, 6) is 2.27. The van der Waals surface area contributed by atoms with Crippen molar-refractivity contribution in [1.82, 2.24) is 9.97 Å². The summed E-state index contributed by atoms with van der Waals surface area (Å²) in [6, 6.07) is 2.12. The summed E-state index contributed by atoms with van der Waals surface area (Å²) in [6.07, 6.45) is 3.78. The summed E-state index contributed by atoms with van der Waals surface area (Å²) in [5.41, 5.74) is 0. The van der Waals surface area contributed by atoms with Crippen molar-refractivity contribution in [3.05, 3.63) is 12.3 Å². The zero-order chi connectivity index (χ0) is 11.1. The molecule has 1 unspecified atom stereocenters. The lowest BCUT2D eigenvalue weighted by Crippen LogP contribution is -2.19. The Balaban J connectivity index is 2.56. The van der Waals surface area contributed by atoms with Gasteiger partial charge in [0.05, 0.1) is 6.61 Å². The minimum absolute atomic E-state index is 0.358. The Morgan fingerprint density at radius 1 is 1.60 bits per heavy atom. The van der Waals surface area contributed by atoms with Crippen LogP contribution in [0.25, 0.3) is 0 Å². The second-order valence-corrected chi connectivity index (χ2v) is 4.06. The highest BCUT2D eigenvalue weighted by Gasteiger charge is 2.04. The van der Waals surface area contributed by atoms with E-state index in [0.29, 0.717) is 24.5 Å². The van der Waals surface area contributed by atoms with E-state index >= 15 is 0 Å². The minimum Gasteiger partial charge on any atom is -0.478 e. The van der Waals surface area contributed by atoms with Gasteiger partial charge in [-0.15, -0.1) is 0 Å². The van der Waals surface area contributed by atoms with E-state index in [2.05, 4.69) is 28.5 Å². The molecule has 0 aliphatic rings. The monoisotopic (exact) mass is 227 g/mol. The van der Waals surface area contributed by atoms with Crippen LogP contribution in [0.15, 0.2) is 12.3 Å². The van der Waals surface area contributed by atoms with E-state index in [4.69, 9.17) is 4.74 Å². The van der Waals surface area contributed by atoms with Crippen LogP contribution in [0.3, 0.4) is 0 Å². The summed E-state index contributed by atoms with van der Waals surface area (Å²) in [4.78, 5) is 8.36. The average molecular weight is 227 g/mol. The third-order valence-corrected chi connectivity index (χ3v) is 2.55. The number of anilines is 1. The van der Waals surface area contributed by atoms with E-state index < -0.39 is 0 Å². The lowest BCUT2D eigenvalue weighted by Gasteiger charge is -2.12. The molecule has 1 heterocycles. The molecule has 4 nitrogen and oxygen atoms in total. The first-order valence-electron chi connectivity index (χ1n) is 4.97. The zero-order valence-corrected chi connectivity index (χ0v) is 10.2. The molecule has 0 amide bonds. The first-order valence-corrected chi connectivity index (χ1v) is 6.37. The molecular formula is C10H17N3OS. The van der Waals surface area contributed by atoms with Crippen LogP contribution >= 0.6 is 11.8 Å². The number of ether oxygens (including phenoxy) is 1. The van der Waals surface area contributed by atoms with Crippen molar-refractivity contribution < 1.29 is 4.74 Å². The fraction of sp³-hybridized carbons (Fsp3) is 0.600. The Morgan fingerprint density at radius 3 is 3.07 bits per heavy atom. The molecule has 1 aromatic heterocycles. The average Bonchev–Trinajstić information content (AvgIpc) is 2.19. The molecular weight excluding hydrogens is 210 g/mol. The summed E-state index contributed by atoms with van der Waals surface area (Å²) in [6.45, 7) is 4.66. The molecule has 0 bridgehead atoms. The molecule has 0 fully saturated rings. The first kappa shape index (κ1) is 12.1. The molecule has 1 aromatic rings. The van der Waals surface area contributed by atoms with Crippen molar-refractivity contribution in [2.24, 2.45) is 0 Å². The Morgan fingerprint density at radius 2 is 2.40 bits per heavy atom. The minimum atomic E-state index is 0.358. The normalized spacial score (nSPS) is 12.2. The summed E-state index contributed by atoms with van der Waals surface area (Å²) < 4.78 is 5.29. The van der Waals surface area contributed by atoms with Gasteiger partial charge in [-0.05, 0) is 20.1 Å². The van der Waals surface area contributed by atoms with Crippen molar-refractivity contribution >= 4 is 17.7 Å². The molecule has 0 aromatic carbocycles. The van der Waals surface area contributed by atoms with E-state index in [1.807, 2.05) is 6.92 Å². The molecule has 0 aliphatic carbocycles. The van der Waals surface area contributed by atoms with Crippen LogP contribution in [0.4, 0.5) is 5.95 Å². The van der Waals surface area contributed by atoms with Crippen molar-refractivity contribution in [2.45, 2.75) is 19.9 Å². The van der Waals surface area contributed by atoms with Gasteiger partial charge in [0.1, 0.15) is 0 Å². The number of rotatable bonds is 6. The number of nitrogens with one attached hydrogen (secondary N) is 1. The van der Waals surface area contributed by atoms with Crippen LogP contribution < -0.4 is 10.1 Å². The number of hydrogen-bond donors (Lipinski definition) is 1. The molecule has 0 radical (unpaired) electrons. The van der Waals surface area contributed by atoms with Crippen molar-refractivity contribution in [3.8, 4) is 5.88 Å². The number of thioether (sulfide) groups is 1. The molecule has 0 saturated carbocycles. The molecule has 1 atom stereocenters. The fourth-order valence-corrected chi connectivity index (χ4v) is 1.74. The van der Waals surface area contributed by atoms with Crippen LogP contribution in [0.1, 0.15) is 13.8 Å². The summed E-state index contributed by atoms with van der Waals surface area (Å²) in [5, 5.41) is 3.22. The SMILES string of the molecule is CCOc1ccnc(NC(C)CSC)n1. The maximum Gasteiger partial charge on any atom is 0.226 e. The highest BCUT2D eigenvalue weighted by Crippen LogP contribution is 2.10. The zero-order valence-electron chi connectivity index (χ0n) is 9.36. The predicted molar refractivity (Wildman–Crippen MR) is 64.7 cm³/mol. The molecule has 84 valence electrons. The summed E-state index contributed by atoms with van der Waals surface area (Å²) in [7, 11) is 0. The van der Waals surface area contributed by atoms with Gasteiger partial charge in [0.2, 0.25) is 11.8 Å². The third-order valence-electron chi connectivity index (χ3n) is 1.71. The quantitative estimate of drug-likeness (QED) is 0.806. The Kier molecular flexibility index (Phi) is 5.25. The van der Waals surface area contributed by atoms with E-state index in [-0.39, 0.29) is 0 Å². The Bertz CT molecular complexity index is 296. The van der Waals surface area contributed by atoms with Crippen LogP contribution in [0, 0.1) is 0 Å². The van der Waals surface area contributed by atoms with Gasteiger partial charge < -0.3 is 10.1 Å². The number of aromatic nitrogens is 2. The Hall–Kier alpha value is -0.970. The molecule has 15 heavy (non-hydrogen) atoms. The van der Waals surface area contributed by atoms with Gasteiger partial charge in [-0.2, -0.15) is 16.7 Å². The van der Waals surface area contributed by atoms with Gasteiger partial charge in [-0.25, -0.2) is 4.98 Å². The highest BCUT2D eigenvalue weighted by molar-refractivity contribution is 7.98. The summed E-state index contributed by atoms with van der Waals surface area (Å²) >= 11 is 1.79. The van der Waals surface area contributed by atoms with Gasteiger partial charge in [-0.1, -0.05) is 0 Å². The van der Waals surface area contributed by atoms with Gasteiger partial charge in [0.15, 0.2) is 0 Å². The van der Waals surface area contributed by atoms with E-state index in [1.54, 1.807) is 24.0 Å². The van der Waals surface area contributed by atoms with Gasteiger partial charge in [0, 0.05) is 24.1 Å². The third kappa shape index (κ3) is 4.38. The Labute approximate surface area is 94.8 Å². The van der Waals surface area contributed by atoms with E-state index in [9.17, 15) is 0 Å². The molecule has 5 heteroatoms. The largest absolute Gasteiger partial charge is 0.478 e.